The fraction of sp³-hybridized carbons (Fsp3) is 0.304. The number of nitrogens with one attached hydrogen (secondary N) is 2. The third-order valence-electron chi connectivity index (χ3n) is 4.53. The minimum atomic E-state index is -0.337. The first kappa shape index (κ1) is 22.4. The van der Waals surface area contributed by atoms with Gasteiger partial charge in [0.15, 0.2) is 0 Å². The van der Waals surface area contributed by atoms with E-state index in [2.05, 4.69) is 20.6 Å². The average Bonchev–Trinajstić information content (AvgIpc) is 3.30. The predicted octanol–water partition coefficient (Wildman–Crippen LogP) is 4.69. The summed E-state index contributed by atoms with van der Waals surface area (Å²) in [7, 11) is 0. The lowest BCUT2D eigenvalue weighted by Gasteiger charge is -2.17. The highest BCUT2D eigenvalue weighted by Crippen LogP contribution is 2.25. The van der Waals surface area contributed by atoms with Gasteiger partial charge in [0.2, 0.25) is 5.91 Å². The van der Waals surface area contributed by atoms with Crippen molar-refractivity contribution in [3.63, 3.8) is 0 Å². The number of pyridine rings is 1. The topological polar surface area (TPSA) is 93.2 Å². The zero-order valence-corrected chi connectivity index (χ0v) is 18.8. The summed E-state index contributed by atoms with van der Waals surface area (Å²) in [6, 6.07) is 10.4. The molecule has 0 aliphatic heterocycles. The lowest BCUT2D eigenvalue weighted by molar-refractivity contribution is -0.118. The van der Waals surface area contributed by atoms with Crippen LogP contribution in [0.5, 0.6) is 5.75 Å². The lowest BCUT2D eigenvalue weighted by Crippen LogP contribution is -2.28. The van der Waals surface area contributed by atoms with Gasteiger partial charge in [-0.2, -0.15) is 0 Å². The summed E-state index contributed by atoms with van der Waals surface area (Å²) in [6.07, 6.45) is 1.74. The van der Waals surface area contributed by atoms with E-state index >= 15 is 0 Å². The number of nitrogens with zero attached hydrogens (tertiary/aromatic N) is 2. The second-order valence-corrected chi connectivity index (χ2v) is 8.16. The van der Waals surface area contributed by atoms with E-state index in [1.54, 1.807) is 24.4 Å². The number of anilines is 1. The molecule has 162 valence electrons. The number of hydrogen-bond acceptors (Lipinski definition) is 6. The van der Waals surface area contributed by atoms with Crippen molar-refractivity contribution in [3.8, 4) is 16.5 Å². The molecule has 0 spiro atoms. The summed E-state index contributed by atoms with van der Waals surface area (Å²) in [5.41, 5.74) is 2.39. The minimum Gasteiger partial charge on any atom is -0.493 e. The molecule has 8 heteroatoms. The molecule has 0 aliphatic rings. The first-order valence-electron chi connectivity index (χ1n) is 10.1. The van der Waals surface area contributed by atoms with Gasteiger partial charge in [0, 0.05) is 23.2 Å². The van der Waals surface area contributed by atoms with Gasteiger partial charge < -0.3 is 15.4 Å². The summed E-state index contributed by atoms with van der Waals surface area (Å²) in [4.78, 5) is 34.0. The Hall–Kier alpha value is -3.26. The molecule has 0 bridgehead atoms. The van der Waals surface area contributed by atoms with E-state index in [4.69, 9.17) is 4.74 Å². The van der Waals surface area contributed by atoms with Gasteiger partial charge in [0.05, 0.1) is 29.6 Å². The van der Waals surface area contributed by atoms with Crippen LogP contribution >= 0.6 is 11.3 Å². The van der Waals surface area contributed by atoms with Crippen LogP contribution in [0.15, 0.2) is 48.0 Å². The normalized spacial score (nSPS) is 11.8. The molecule has 2 amide bonds. The van der Waals surface area contributed by atoms with Crippen molar-refractivity contribution in [2.75, 3.05) is 11.9 Å². The number of thiazole rings is 1. The molecule has 3 rings (SSSR count). The van der Waals surface area contributed by atoms with Gasteiger partial charge >= 0.3 is 0 Å². The molecule has 2 N–H and O–H groups in total. The standard InChI is InChI=1S/C23H26N4O3S/c1-5-30-20-10-9-16(26-21(28)14(2)3)13-17(20)22(29)25-15(4)18-7-6-8-19(27-18)23-24-11-12-31-23/h6-15H,5H2,1-4H3,(H,25,29)(H,26,28). The van der Waals surface area contributed by atoms with E-state index in [0.29, 0.717) is 23.6 Å². The Morgan fingerprint density at radius 1 is 1.16 bits per heavy atom. The maximum Gasteiger partial charge on any atom is 0.255 e. The van der Waals surface area contributed by atoms with Crippen LogP contribution in [-0.4, -0.2) is 28.4 Å². The number of amides is 2. The second-order valence-electron chi connectivity index (χ2n) is 7.27. The summed E-state index contributed by atoms with van der Waals surface area (Å²) in [6.45, 7) is 7.77. The molecule has 31 heavy (non-hydrogen) atoms. The lowest BCUT2D eigenvalue weighted by atomic mass is 10.1. The molecule has 0 aliphatic carbocycles. The van der Waals surface area contributed by atoms with Gasteiger partial charge in [-0.1, -0.05) is 19.9 Å². The molecule has 0 saturated heterocycles. The smallest absolute Gasteiger partial charge is 0.255 e. The Kier molecular flexibility index (Phi) is 7.36. The highest BCUT2D eigenvalue weighted by Gasteiger charge is 2.19. The van der Waals surface area contributed by atoms with Crippen LogP contribution in [-0.2, 0) is 4.79 Å². The number of ether oxygens (including phenoxy) is 1. The highest BCUT2D eigenvalue weighted by atomic mass is 32.1. The van der Waals surface area contributed by atoms with E-state index in [-0.39, 0.29) is 23.8 Å². The van der Waals surface area contributed by atoms with E-state index in [1.165, 1.54) is 11.3 Å². The first-order chi connectivity index (χ1) is 14.9. The number of aromatic nitrogens is 2. The molecule has 0 radical (unpaired) electrons. The molecular formula is C23H26N4O3S. The van der Waals surface area contributed by atoms with Crippen LogP contribution in [0.25, 0.3) is 10.7 Å². The van der Waals surface area contributed by atoms with Crippen molar-refractivity contribution in [2.45, 2.75) is 33.7 Å². The third kappa shape index (κ3) is 5.67. The van der Waals surface area contributed by atoms with Crippen LogP contribution in [0.3, 0.4) is 0 Å². The zero-order chi connectivity index (χ0) is 22.4. The second kappa shape index (κ2) is 10.2. The van der Waals surface area contributed by atoms with Gasteiger partial charge in [-0.05, 0) is 44.2 Å². The Morgan fingerprint density at radius 3 is 2.65 bits per heavy atom. The van der Waals surface area contributed by atoms with Crippen LogP contribution in [0, 0.1) is 5.92 Å². The monoisotopic (exact) mass is 438 g/mol. The summed E-state index contributed by atoms with van der Waals surface area (Å²) in [5, 5.41) is 8.52. The Morgan fingerprint density at radius 2 is 1.97 bits per heavy atom. The number of carbonyl (C=O) groups is 2. The molecule has 2 heterocycles. The Labute approximate surface area is 185 Å². The van der Waals surface area contributed by atoms with Crippen LogP contribution in [0.1, 0.15) is 49.8 Å². The molecule has 1 atom stereocenters. The fourth-order valence-corrected chi connectivity index (χ4v) is 3.47. The largest absolute Gasteiger partial charge is 0.493 e. The number of hydrogen-bond donors (Lipinski definition) is 2. The maximum absolute atomic E-state index is 13.1. The van der Waals surface area contributed by atoms with E-state index in [9.17, 15) is 9.59 Å². The molecule has 1 unspecified atom stereocenters. The van der Waals surface area contributed by atoms with Gasteiger partial charge in [-0.15, -0.1) is 11.3 Å². The van der Waals surface area contributed by atoms with Crippen molar-refractivity contribution in [3.05, 3.63) is 59.2 Å². The van der Waals surface area contributed by atoms with Crippen molar-refractivity contribution in [2.24, 2.45) is 5.92 Å². The van der Waals surface area contributed by atoms with Crippen LogP contribution in [0.2, 0.25) is 0 Å². The number of carbonyl (C=O) groups excluding carboxylic acids is 2. The van der Waals surface area contributed by atoms with E-state index in [1.807, 2.05) is 51.3 Å². The van der Waals surface area contributed by atoms with Gasteiger partial charge in [0.25, 0.3) is 5.91 Å². The predicted molar refractivity (Wildman–Crippen MR) is 122 cm³/mol. The molecule has 0 saturated carbocycles. The SMILES string of the molecule is CCOc1ccc(NC(=O)C(C)C)cc1C(=O)NC(C)c1cccc(-c2nccs2)n1. The Balaban J connectivity index is 1.81. The zero-order valence-electron chi connectivity index (χ0n) is 18.0. The van der Waals surface area contributed by atoms with Crippen LogP contribution < -0.4 is 15.4 Å². The number of rotatable bonds is 8. The quantitative estimate of drug-likeness (QED) is 0.532. The van der Waals surface area contributed by atoms with Gasteiger partial charge in [-0.3, -0.25) is 9.59 Å². The number of benzene rings is 1. The third-order valence-corrected chi connectivity index (χ3v) is 5.32. The first-order valence-corrected chi connectivity index (χ1v) is 11.0. The van der Waals surface area contributed by atoms with Crippen molar-refractivity contribution < 1.29 is 14.3 Å². The molecule has 0 fully saturated rings. The van der Waals surface area contributed by atoms with Gasteiger partial charge in [0.1, 0.15) is 10.8 Å². The summed E-state index contributed by atoms with van der Waals surface area (Å²) >= 11 is 1.51. The molecular weight excluding hydrogens is 412 g/mol. The highest BCUT2D eigenvalue weighted by molar-refractivity contribution is 7.13. The fourth-order valence-electron chi connectivity index (χ4n) is 2.86. The summed E-state index contributed by atoms with van der Waals surface area (Å²) in [5.74, 6) is -0.135. The van der Waals surface area contributed by atoms with E-state index < -0.39 is 0 Å². The van der Waals surface area contributed by atoms with Crippen molar-refractivity contribution in [1.29, 1.82) is 0 Å². The van der Waals surface area contributed by atoms with Crippen molar-refractivity contribution in [1.82, 2.24) is 15.3 Å². The average molecular weight is 439 g/mol. The van der Waals surface area contributed by atoms with Crippen LogP contribution in [0.4, 0.5) is 5.69 Å². The van der Waals surface area contributed by atoms with E-state index in [0.717, 1.165) is 16.4 Å². The minimum absolute atomic E-state index is 0.118. The van der Waals surface area contributed by atoms with Gasteiger partial charge in [-0.25, -0.2) is 9.97 Å². The Bertz CT molecular complexity index is 1050. The molecule has 2 aromatic heterocycles. The molecule has 3 aromatic rings. The summed E-state index contributed by atoms with van der Waals surface area (Å²) < 4.78 is 5.62. The van der Waals surface area contributed by atoms with Crippen molar-refractivity contribution >= 4 is 28.8 Å². The maximum atomic E-state index is 13.1. The molecule has 1 aromatic carbocycles. The molecule has 7 nitrogen and oxygen atoms in total.